The molecule has 3 aliphatic heterocycles. The summed E-state index contributed by atoms with van der Waals surface area (Å²) >= 11 is 0. The van der Waals surface area contributed by atoms with Crippen LogP contribution in [0.5, 0.6) is 5.75 Å². The van der Waals surface area contributed by atoms with E-state index in [1.54, 1.807) is 0 Å². The van der Waals surface area contributed by atoms with E-state index in [2.05, 4.69) is 33.3 Å². The van der Waals surface area contributed by atoms with E-state index in [-0.39, 0.29) is 23.7 Å². The molecule has 0 spiro atoms. The van der Waals surface area contributed by atoms with Crippen molar-refractivity contribution < 1.29 is 14.3 Å². The molecular formula is C29H42N4O3. The van der Waals surface area contributed by atoms with E-state index in [9.17, 15) is 9.59 Å². The Balaban J connectivity index is 1.23. The highest BCUT2D eigenvalue weighted by molar-refractivity contribution is 5.79. The van der Waals surface area contributed by atoms with Crippen molar-refractivity contribution in [1.29, 1.82) is 0 Å². The van der Waals surface area contributed by atoms with Crippen molar-refractivity contribution in [2.45, 2.75) is 45.1 Å². The van der Waals surface area contributed by atoms with Crippen LogP contribution in [0.3, 0.4) is 0 Å². The SMILES string of the molecule is O=C(C[C@@H]1CCN2C[C@@H]1/C=C\COc1ccccc1CN(CC1CC1)CC2=O)NCCN1CCCC1. The van der Waals surface area contributed by atoms with Gasteiger partial charge in [-0.15, -0.1) is 0 Å². The van der Waals surface area contributed by atoms with E-state index in [1.165, 1.54) is 25.7 Å². The molecule has 3 heterocycles. The van der Waals surface area contributed by atoms with Gasteiger partial charge in [0.2, 0.25) is 11.8 Å². The monoisotopic (exact) mass is 494 g/mol. The summed E-state index contributed by atoms with van der Waals surface area (Å²) in [5.74, 6) is 2.37. The van der Waals surface area contributed by atoms with Crippen molar-refractivity contribution in [2.75, 3.05) is 59.0 Å². The van der Waals surface area contributed by atoms with E-state index in [0.717, 1.165) is 63.5 Å². The minimum absolute atomic E-state index is 0.135. The summed E-state index contributed by atoms with van der Waals surface area (Å²) in [4.78, 5) is 32.9. The standard InChI is InChI=1S/C29H42N4O3/c34-28(30-12-16-31-13-3-4-14-31)18-24-11-15-33-21-25(24)7-5-17-36-27-8-2-1-6-26(27)20-32(22-29(33)35)19-23-9-10-23/h1-2,5-8,23-25H,3-4,9-22H2,(H,30,34)/b7-5-/t24-,25-/m0/s1. The van der Waals surface area contributed by atoms with Crippen LogP contribution in [0, 0.1) is 17.8 Å². The second-order valence-electron chi connectivity index (χ2n) is 11.1. The molecule has 2 amide bonds. The van der Waals surface area contributed by atoms with Gasteiger partial charge in [-0.2, -0.15) is 0 Å². The summed E-state index contributed by atoms with van der Waals surface area (Å²) in [6.07, 6.45) is 10.7. The van der Waals surface area contributed by atoms with Crippen LogP contribution in [0.25, 0.3) is 0 Å². The number of nitrogens with zero attached hydrogens (tertiary/aromatic N) is 3. The Morgan fingerprint density at radius 3 is 2.69 bits per heavy atom. The van der Waals surface area contributed by atoms with Gasteiger partial charge in [0, 0.05) is 51.3 Å². The summed E-state index contributed by atoms with van der Waals surface area (Å²) in [5.41, 5.74) is 1.14. The molecule has 0 aromatic heterocycles. The normalized spacial score (nSPS) is 26.8. The molecule has 2 atom stereocenters. The predicted octanol–water partition coefficient (Wildman–Crippen LogP) is 2.91. The first-order valence-corrected chi connectivity index (χ1v) is 14.0. The van der Waals surface area contributed by atoms with Gasteiger partial charge < -0.3 is 19.9 Å². The van der Waals surface area contributed by atoms with E-state index in [0.29, 0.717) is 32.0 Å². The lowest BCUT2D eigenvalue weighted by molar-refractivity contribution is -0.135. The number of benzene rings is 1. The summed E-state index contributed by atoms with van der Waals surface area (Å²) in [5, 5.41) is 3.14. The highest BCUT2D eigenvalue weighted by Gasteiger charge is 2.33. The third kappa shape index (κ3) is 7.10. The Hall–Kier alpha value is -2.38. The zero-order valence-corrected chi connectivity index (χ0v) is 21.6. The molecule has 2 saturated heterocycles. The van der Waals surface area contributed by atoms with E-state index < -0.39 is 0 Å². The van der Waals surface area contributed by atoms with Gasteiger partial charge in [0.05, 0.1) is 6.54 Å². The Bertz CT molecular complexity index is 925. The highest BCUT2D eigenvalue weighted by Crippen LogP contribution is 2.32. The predicted molar refractivity (Wildman–Crippen MR) is 141 cm³/mol. The van der Waals surface area contributed by atoms with Crippen molar-refractivity contribution >= 4 is 11.8 Å². The lowest BCUT2D eigenvalue weighted by Gasteiger charge is -2.38. The number of ether oxygens (including phenoxy) is 1. The van der Waals surface area contributed by atoms with Crippen LogP contribution in [-0.4, -0.2) is 85.5 Å². The van der Waals surface area contributed by atoms with E-state index in [1.807, 2.05) is 23.1 Å². The number of rotatable bonds is 7. The average molecular weight is 495 g/mol. The number of piperidine rings is 1. The van der Waals surface area contributed by atoms with Crippen molar-refractivity contribution in [1.82, 2.24) is 20.0 Å². The molecule has 2 bridgehead atoms. The van der Waals surface area contributed by atoms with Gasteiger partial charge in [0.1, 0.15) is 12.4 Å². The first kappa shape index (κ1) is 25.3. The minimum atomic E-state index is 0.135. The molecule has 4 aliphatic rings. The Labute approximate surface area is 215 Å². The number of amides is 2. The van der Waals surface area contributed by atoms with Crippen LogP contribution in [0.15, 0.2) is 36.4 Å². The highest BCUT2D eigenvalue weighted by atomic mass is 16.5. The fourth-order valence-corrected chi connectivity index (χ4v) is 5.92. The third-order valence-corrected chi connectivity index (χ3v) is 8.21. The summed E-state index contributed by atoms with van der Waals surface area (Å²) in [6.45, 7) is 8.04. The van der Waals surface area contributed by atoms with Crippen molar-refractivity contribution in [2.24, 2.45) is 17.8 Å². The Morgan fingerprint density at radius 2 is 1.86 bits per heavy atom. The first-order valence-electron chi connectivity index (χ1n) is 14.0. The average Bonchev–Trinajstić information content (AvgIpc) is 3.53. The van der Waals surface area contributed by atoms with Crippen LogP contribution < -0.4 is 10.1 Å². The van der Waals surface area contributed by atoms with Gasteiger partial charge >= 0.3 is 0 Å². The second-order valence-corrected chi connectivity index (χ2v) is 11.1. The summed E-state index contributed by atoms with van der Waals surface area (Å²) in [6, 6.07) is 8.19. The lowest BCUT2D eigenvalue weighted by atomic mass is 9.82. The van der Waals surface area contributed by atoms with E-state index >= 15 is 0 Å². The van der Waals surface area contributed by atoms with Crippen molar-refractivity contribution in [3.05, 3.63) is 42.0 Å². The maximum Gasteiger partial charge on any atom is 0.236 e. The molecule has 196 valence electrons. The zero-order chi connectivity index (χ0) is 24.7. The van der Waals surface area contributed by atoms with Crippen LogP contribution in [0.1, 0.15) is 44.1 Å². The van der Waals surface area contributed by atoms with Gasteiger partial charge in [-0.05, 0) is 69.0 Å². The number of carbonyl (C=O) groups excluding carboxylic acids is 2. The van der Waals surface area contributed by atoms with Crippen molar-refractivity contribution in [3.63, 3.8) is 0 Å². The molecular weight excluding hydrogens is 452 g/mol. The molecule has 7 nitrogen and oxygen atoms in total. The number of hydrogen-bond donors (Lipinski definition) is 1. The maximum atomic E-state index is 13.4. The quantitative estimate of drug-likeness (QED) is 0.591. The van der Waals surface area contributed by atoms with E-state index in [4.69, 9.17) is 4.74 Å². The molecule has 7 heteroatoms. The van der Waals surface area contributed by atoms with Crippen LogP contribution in [0.4, 0.5) is 0 Å². The Kier molecular flexibility index (Phi) is 8.59. The number of para-hydroxylation sites is 1. The molecule has 36 heavy (non-hydrogen) atoms. The molecule has 1 aromatic carbocycles. The number of carbonyl (C=O) groups is 2. The van der Waals surface area contributed by atoms with Gasteiger partial charge in [-0.25, -0.2) is 0 Å². The zero-order valence-electron chi connectivity index (χ0n) is 21.6. The fourth-order valence-electron chi connectivity index (χ4n) is 5.92. The topological polar surface area (TPSA) is 65.1 Å². The lowest BCUT2D eigenvalue weighted by Crippen LogP contribution is -2.48. The van der Waals surface area contributed by atoms with Gasteiger partial charge in [-0.1, -0.05) is 30.4 Å². The van der Waals surface area contributed by atoms with Crippen LogP contribution in [0.2, 0.25) is 0 Å². The van der Waals surface area contributed by atoms with Gasteiger partial charge in [-0.3, -0.25) is 14.5 Å². The molecule has 3 fully saturated rings. The smallest absolute Gasteiger partial charge is 0.236 e. The number of nitrogens with one attached hydrogen (secondary N) is 1. The molecule has 0 unspecified atom stereocenters. The second kappa shape index (κ2) is 12.2. The maximum absolute atomic E-state index is 13.4. The molecule has 1 saturated carbocycles. The summed E-state index contributed by atoms with van der Waals surface area (Å²) in [7, 11) is 0. The first-order chi connectivity index (χ1) is 17.6. The third-order valence-electron chi connectivity index (χ3n) is 8.21. The largest absolute Gasteiger partial charge is 0.489 e. The number of likely N-dealkylation sites (tertiary alicyclic amines) is 1. The molecule has 1 aliphatic carbocycles. The summed E-state index contributed by atoms with van der Waals surface area (Å²) < 4.78 is 6.16. The Morgan fingerprint density at radius 1 is 1.03 bits per heavy atom. The van der Waals surface area contributed by atoms with Crippen molar-refractivity contribution in [3.8, 4) is 5.75 Å². The van der Waals surface area contributed by atoms with Crippen LogP contribution >= 0.6 is 0 Å². The molecule has 1 aromatic rings. The van der Waals surface area contributed by atoms with Gasteiger partial charge in [0.25, 0.3) is 0 Å². The molecule has 5 rings (SSSR count). The minimum Gasteiger partial charge on any atom is -0.489 e. The fraction of sp³-hybridized carbons (Fsp3) is 0.655. The molecule has 0 radical (unpaired) electrons. The number of hydrogen-bond acceptors (Lipinski definition) is 5. The number of fused-ring (bicyclic) bond motifs is 3. The van der Waals surface area contributed by atoms with Crippen LogP contribution in [-0.2, 0) is 16.1 Å². The molecule has 1 N–H and O–H groups in total. The van der Waals surface area contributed by atoms with Gasteiger partial charge in [0.15, 0.2) is 0 Å².